The van der Waals surface area contributed by atoms with Gasteiger partial charge in [-0.1, -0.05) is 19.1 Å². The Balaban J connectivity index is 2.61. The molecule has 0 aliphatic heterocycles. The minimum Gasteiger partial charge on any atom is -0.393 e. The van der Waals surface area contributed by atoms with Gasteiger partial charge in [0.1, 0.15) is 6.54 Å². The van der Waals surface area contributed by atoms with Crippen LogP contribution in [0.3, 0.4) is 0 Å². The van der Waals surface area contributed by atoms with E-state index in [1.54, 1.807) is 24.0 Å². The lowest BCUT2D eigenvalue weighted by Gasteiger charge is -2.16. The maximum atomic E-state index is 11.9. The Labute approximate surface area is 117 Å². The van der Waals surface area contributed by atoms with Crippen LogP contribution < -0.4 is 11.4 Å². The smallest absolute Gasteiger partial charge is 0.328 e. The Morgan fingerprint density at radius 2 is 2.05 bits per heavy atom. The molecule has 0 bridgehead atoms. The molecule has 0 unspecified atom stereocenters. The van der Waals surface area contributed by atoms with Crippen LogP contribution in [-0.4, -0.2) is 38.5 Å². The number of hydrogen-bond acceptors (Lipinski definition) is 3. The Morgan fingerprint density at radius 1 is 1.42 bits per heavy atom. The second kappa shape index (κ2) is 7.08. The molecule has 7 heteroatoms. The van der Waals surface area contributed by atoms with Crippen molar-refractivity contribution in [3.05, 3.63) is 22.9 Å². The second-order valence-corrected chi connectivity index (χ2v) is 4.96. The van der Waals surface area contributed by atoms with E-state index < -0.39 is 0 Å². The summed E-state index contributed by atoms with van der Waals surface area (Å²) in [5.74, 6) is -0.132. The van der Waals surface area contributed by atoms with Gasteiger partial charge in [-0.05, 0) is 6.42 Å². The van der Waals surface area contributed by atoms with Crippen molar-refractivity contribution >= 4 is 23.1 Å². The molecule has 0 saturated carbocycles. The van der Waals surface area contributed by atoms with Crippen molar-refractivity contribution in [2.24, 2.45) is 5.73 Å². The molecule has 1 aromatic rings. The average molecular weight is 284 g/mol. The standard InChI is InChI=1S/C12H20N4O2S/c1-3-5-15-7-8-16(12(15)18)9-11(17)14(2)6-4-10(13)19/h7-8H,3-6,9H2,1-2H3,(H2,13,19). The number of carbonyl (C=O) groups excluding carboxylic acids is 1. The first-order valence-electron chi connectivity index (χ1n) is 6.23. The number of aryl methyl sites for hydroxylation is 1. The van der Waals surface area contributed by atoms with Crippen molar-refractivity contribution in [1.29, 1.82) is 0 Å². The number of nitrogens with zero attached hydrogens (tertiary/aromatic N) is 3. The van der Waals surface area contributed by atoms with Gasteiger partial charge in [0.15, 0.2) is 0 Å². The monoisotopic (exact) mass is 284 g/mol. The van der Waals surface area contributed by atoms with Crippen LogP contribution in [0.5, 0.6) is 0 Å². The number of aromatic nitrogens is 2. The van der Waals surface area contributed by atoms with Crippen molar-refractivity contribution in [1.82, 2.24) is 14.0 Å². The molecule has 0 aromatic carbocycles. The maximum absolute atomic E-state index is 11.9. The van der Waals surface area contributed by atoms with E-state index in [2.05, 4.69) is 0 Å². The van der Waals surface area contributed by atoms with Crippen LogP contribution >= 0.6 is 12.2 Å². The van der Waals surface area contributed by atoms with E-state index in [0.29, 0.717) is 24.5 Å². The van der Waals surface area contributed by atoms with E-state index >= 15 is 0 Å². The molecular weight excluding hydrogens is 264 g/mol. The van der Waals surface area contributed by atoms with Crippen molar-refractivity contribution in [3.8, 4) is 0 Å². The highest BCUT2D eigenvalue weighted by atomic mass is 32.1. The Morgan fingerprint density at radius 3 is 2.63 bits per heavy atom. The van der Waals surface area contributed by atoms with Gasteiger partial charge < -0.3 is 10.6 Å². The van der Waals surface area contributed by atoms with Crippen molar-refractivity contribution in [2.75, 3.05) is 13.6 Å². The molecule has 19 heavy (non-hydrogen) atoms. The van der Waals surface area contributed by atoms with E-state index in [1.807, 2.05) is 6.92 Å². The van der Waals surface area contributed by atoms with E-state index in [-0.39, 0.29) is 18.1 Å². The Kier molecular flexibility index (Phi) is 5.75. The highest BCUT2D eigenvalue weighted by molar-refractivity contribution is 7.80. The number of likely N-dealkylation sites (N-methyl/N-ethyl adjacent to an activating group) is 1. The summed E-state index contributed by atoms with van der Waals surface area (Å²) >= 11 is 4.76. The number of imidazole rings is 1. The molecule has 0 fully saturated rings. The molecule has 0 aliphatic rings. The number of amides is 1. The van der Waals surface area contributed by atoms with E-state index in [4.69, 9.17) is 18.0 Å². The summed E-state index contributed by atoms with van der Waals surface area (Å²) in [5.41, 5.74) is 5.23. The van der Waals surface area contributed by atoms with Gasteiger partial charge in [0, 0.05) is 39.0 Å². The molecular formula is C12H20N4O2S. The predicted molar refractivity (Wildman–Crippen MR) is 78.0 cm³/mol. The number of thiocarbonyl (C=S) groups is 1. The normalized spacial score (nSPS) is 10.4. The van der Waals surface area contributed by atoms with Gasteiger partial charge in [0.05, 0.1) is 4.99 Å². The Hall–Kier alpha value is -1.63. The Bertz CT molecular complexity index is 506. The fraction of sp³-hybridized carbons (Fsp3) is 0.583. The third kappa shape index (κ3) is 4.51. The summed E-state index contributed by atoms with van der Waals surface area (Å²) in [7, 11) is 1.68. The zero-order valence-electron chi connectivity index (χ0n) is 11.3. The van der Waals surface area contributed by atoms with Gasteiger partial charge in [-0.2, -0.15) is 0 Å². The van der Waals surface area contributed by atoms with Gasteiger partial charge in [-0.15, -0.1) is 0 Å². The molecule has 0 atom stereocenters. The molecule has 0 saturated heterocycles. The highest BCUT2D eigenvalue weighted by Gasteiger charge is 2.12. The maximum Gasteiger partial charge on any atom is 0.328 e. The number of rotatable bonds is 7. The first-order chi connectivity index (χ1) is 8.95. The molecule has 106 valence electrons. The molecule has 0 radical (unpaired) electrons. The molecule has 6 nitrogen and oxygen atoms in total. The van der Waals surface area contributed by atoms with Crippen LogP contribution in [0.25, 0.3) is 0 Å². The van der Waals surface area contributed by atoms with Crippen molar-refractivity contribution in [2.45, 2.75) is 32.9 Å². The summed E-state index contributed by atoms with van der Waals surface area (Å²) in [6.07, 6.45) is 4.71. The zero-order valence-corrected chi connectivity index (χ0v) is 12.2. The molecule has 0 aliphatic carbocycles. The minimum absolute atomic E-state index is 0.0450. The second-order valence-electron chi connectivity index (χ2n) is 4.43. The first kappa shape index (κ1) is 15.4. The summed E-state index contributed by atoms with van der Waals surface area (Å²) in [6.45, 7) is 3.18. The van der Waals surface area contributed by atoms with Crippen LogP contribution in [-0.2, 0) is 17.9 Å². The molecule has 0 spiro atoms. The van der Waals surface area contributed by atoms with Crippen LogP contribution in [0.1, 0.15) is 19.8 Å². The number of carbonyl (C=O) groups is 1. The lowest BCUT2D eigenvalue weighted by Crippen LogP contribution is -2.35. The van der Waals surface area contributed by atoms with E-state index in [1.165, 1.54) is 9.47 Å². The molecule has 1 heterocycles. The highest BCUT2D eigenvalue weighted by Crippen LogP contribution is 1.94. The van der Waals surface area contributed by atoms with Gasteiger partial charge in [0.2, 0.25) is 5.91 Å². The number of hydrogen-bond donors (Lipinski definition) is 1. The topological polar surface area (TPSA) is 73.3 Å². The van der Waals surface area contributed by atoms with Crippen LogP contribution in [0.2, 0.25) is 0 Å². The molecule has 1 rings (SSSR count). The zero-order chi connectivity index (χ0) is 14.4. The predicted octanol–water partition coefficient (Wildman–Crippen LogP) is 0.194. The van der Waals surface area contributed by atoms with E-state index in [0.717, 1.165) is 6.42 Å². The van der Waals surface area contributed by atoms with Crippen LogP contribution in [0.4, 0.5) is 0 Å². The first-order valence-corrected chi connectivity index (χ1v) is 6.64. The third-order valence-electron chi connectivity index (χ3n) is 2.81. The lowest BCUT2D eigenvalue weighted by molar-refractivity contribution is -0.130. The molecule has 1 amide bonds. The van der Waals surface area contributed by atoms with Crippen molar-refractivity contribution in [3.63, 3.8) is 0 Å². The molecule has 1 aromatic heterocycles. The van der Waals surface area contributed by atoms with Gasteiger partial charge in [-0.3, -0.25) is 13.9 Å². The van der Waals surface area contributed by atoms with Gasteiger partial charge in [0.25, 0.3) is 0 Å². The molecule has 2 N–H and O–H groups in total. The van der Waals surface area contributed by atoms with E-state index in [9.17, 15) is 9.59 Å². The average Bonchev–Trinajstić information content (AvgIpc) is 2.69. The fourth-order valence-electron chi connectivity index (χ4n) is 1.65. The van der Waals surface area contributed by atoms with Crippen LogP contribution in [0, 0.1) is 0 Å². The lowest BCUT2D eigenvalue weighted by atomic mass is 10.4. The quantitative estimate of drug-likeness (QED) is 0.726. The third-order valence-corrected chi connectivity index (χ3v) is 3.01. The fourth-order valence-corrected chi connectivity index (χ4v) is 1.75. The minimum atomic E-state index is -0.155. The SMILES string of the molecule is CCCn1ccn(CC(=O)N(C)CCC(N)=S)c1=O. The van der Waals surface area contributed by atoms with Gasteiger partial charge >= 0.3 is 5.69 Å². The summed E-state index contributed by atoms with van der Waals surface area (Å²) < 4.78 is 3.01. The number of nitrogens with two attached hydrogens (primary N) is 1. The largest absolute Gasteiger partial charge is 0.393 e. The summed E-state index contributed by atoms with van der Waals surface area (Å²) in [4.78, 5) is 25.7. The van der Waals surface area contributed by atoms with Crippen molar-refractivity contribution < 1.29 is 4.79 Å². The van der Waals surface area contributed by atoms with Gasteiger partial charge in [-0.25, -0.2) is 4.79 Å². The summed E-state index contributed by atoms with van der Waals surface area (Å²) in [6, 6.07) is 0. The van der Waals surface area contributed by atoms with Crippen LogP contribution in [0.15, 0.2) is 17.2 Å². The summed E-state index contributed by atoms with van der Waals surface area (Å²) in [5, 5.41) is 0.